The molecule has 4 rings (SSSR count). The molecule has 0 fully saturated rings. The SMILES string of the molecule is COc1cc(/C=C(\C#N)C(=O)NCc2ccccc2)ccc1OC(=O)c1cc2ccccc2o1. The minimum Gasteiger partial charge on any atom is -0.493 e. The number of nitriles is 1. The predicted molar refractivity (Wildman–Crippen MR) is 126 cm³/mol. The number of methoxy groups -OCH3 is 1. The van der Waals surface area contributed by atoms with Gasteiger partial charge in [0.1, 0.15) is 17.2 Å². The van der Waals surface area contributed by atoms with Crippen molar-refractivity contribution in [2.45, 2.75) is 6.54 Å². The van der Waals surface area contributed by atoms with Gasteiger partial charge in [-0.2, -0.15) is 5.26 Å². The highest BCUT2D eigenvalue weighted by molar-refractivity contribution is 6.01. The topological polar surface area (TPSA) is 102 Å². The number of amides is 1. The Labute approximate surface area is 195 Å². The first-order chi connectivity index (χ1) is 16.6. The number of fused-ring (bicyclic) bond motifs is 1. The van der Waals surface area contributed by atoms with Crippen molar-refractivity contribution in [1.82, 2.24) is 5.32 Å². The molecule has 0 aliphatic carbocycles. The number of hydrogen-bond donors (Lipinski definition) is 1. The van der Waals surface area contributed by atoms with E-state index in [2.05, 4.69) is 5.32 Å². The summed E-state index contributed by atoms with van der Waals surface area (Å²) in [4.78, 5) is 25.0. The maximum atomic E-state index is 12.6. The van der Waals surface area contributed by atoms with Crippen LogP contribution < -0.4 is 14.8 Å². The van der Waals surface area contributed by atoms with Crippen molar-refractivity contribution in [1.29, 1.82) is 5.26 Å². The Hall–Kier alpha value is -4.83. The maximum absolute atomic E-state index is 12.6. The van der Waals surface area contributed by atoms with Crippen LogP contribution in [0.15, 0.2) is 88.9 Å². The lowest BCUT2D eigenvalue weighted by Gasteiger charge is -2.09. The molecule has 0 atom stereocenters. The van der Waals surface area contributed by atoms with E-state index in [1.807, 2.05) is 54.6 Å². The van der Waals surface area contributed by atoms with Crippen molar-refractivity contribution in [3.8, 4) is 17.6 Å². The summed E-state index contributed by atoms with van der Waals surface area (Å²) < 4.78 is 16.3. The second-order valence-electron chi connectivity index (χ2n) is 7.29. The van der Waals surface area contributed by atoms with E-state index in [4.69, 9.17) is 13.9 Å². The maximum Gasteiger partial charge on any atom is 0.379 e. The van der Waals surface area contributed by atoms with Crippen molar-refractivity contribution in [2.24, 2.45) is 0 Å². The first-order valence-electron chi connectivity index (χ1n) is 10.4. The van der Waals surface area contributed by atoms with Crippen LogP contribution >= 0.6 is 0 Å². The quantitative estimate of drug-likeness (QED) is 0.186. The van der Waals surface area contributed by atoms with Crippen LogP contribution in [0.5, 0.6) is 11.5 Å². The molecule has 1 aromatic heterocycles. The van der Waals surface area contributed by atoms with Crippen LogP contribution in [-0.4, -0.2) is 19.0 Å². The number of rotatable bonds is 7. The number of furan rings is 1. The Morgan fingerprint density at radius 3 is 2.50 bits per heavy atom. The van der Waals surface area contributed by atoms with E-state index in [-0.39, 0.29) is 22.8 Å². The van der Waals surface area contributed by atoms with Gasteiger partial charge in [0, 0.05) is 11.9 Å². The minimum absolute atomic E-state index is 0.0640. The van der Waals surface area contributed by atoms with Gasteiger partial charge >= 0.3 is 5.97 Å². The standard InChI is InChI=1S/C27H20N2O5/c1-32-24-14-19(13-21(16-28)26(30)29-17-18-7-3-2-4-8-18)11-12-23(24)34-27(31)25-15-20-9-5-6-10-22(20)33-25/h2-15H,17H2,1H3,(H,29,30)/b21-13+. The van der Waals surface area contributed by atoms with Crippen molar-refractivity contribution >= 4 is 28.9 Å². The molecular formula is C27H20N2O5. The third-order valence-electron chi connectivity index (χ3n) is 4.99. The lowest BCUT2D eigenvalue weighted by atomic mass is 10.1. The first kappa shape index (κ1) is 22.4. The van der Waals surface area contributed by atoms with E-state index in [9.17, 15) is 14.9 Å². The lowest BCUT2D eigenvalue weighted by molar-refractivity contribution is -0.117. The van der Waals surface area contributed by atoms with E-state index < -0.39 is 11.9 Å². The second kappa shape index (κ2) is 10.2. The molecular weight excluding hydrogens is 432 g/mol. The number of nitrogens with one attached hydrogen (secondary N) is 1. The van der Waals surface area contributed by atoms with Crippen LogP contribution in [0.1, 0.15) is 21.7 Å². The molecule has 7 heteroatoms. The van der Waals surface area contributed by atoms with Crippen molar-refractivity contribution in [2.75, 3.05) is 7.11 Å². The summed E-state index contributed by atoms with van der Waals surface area (Å²) in [7, 11) is 1.43. The van der Waals surface area contributed by atoms with Crippen LogP contribution in [0.2, 0.25) is 0 Å². The van der Waals surface area contributed by atoms with Gasteiger partial charge in [0.25, 0.3) is 5.91 Å². The van der Waals surface area contributed by atoms with E-state index >= 15 is 0 Å². The minimum atomic E-state index is -0.671. The Balaban J connectivity index is 1.49. The molecule has 1 N–H and O–H groups in total. The van der Waals surface area contributed by atoms with E-state index in [1.54, 1.807) is 24.3 Å². The molecule has 0 radical (unpaired) electrons. The van der Waals surface area contributed by atoms with Gasteiger partial charge in [-0.25, -0.2) is 4.79 Å². The molecule has 168 valence electrons. The smallest absolute Gasteiger partial charge is 0.379 e. The third kappa shape index (κ3) is 5.14. The normalized spacial score (nSPS) is 11.0. The number of esters is 1. The summed E-state index contributed by atoms with van der Waals surface area (Å²) in [5, 5.41) is 13.0. The molecule has 3 aromatic carbocycles. The summed E-state index contributed by atoms with van der Waals surface area (Å²) in [6, 6.07) is 24.9. The molecule has 1 amide bonds. The Bertz CT molecular complexity index is 1380. The molecule has 0 spiro atoms. The largest absolute Gasteiger partial charge is 0.493 e. The molecule has 34 heavy (non-hydrogen) atoms. The summed E-state index contributed by atoms with van der Waals surface area (Å²) in [5.74, 6) is -0.659. The zero-order chi connectivity index (χ0) is 23.9. The van der Waals surface area contributed by atoms with Gasteiger partial charge in [0.05, 0.1) is 7.11 Å². The number of benzene rings is 3. The van der Waals surface area contributed by atoms with Gasteiger partial charge in [-0.1, -0.05) is 54.6 Å². The third-order valence-corrected chi connectivity index (χ3v) is 4.99. The highest BCUT2D eigenvalue weighted by atomic mass is 16.6. The number of para-hydroxylation sites is 1. The molecule has 1 heterocycles. The monoisotopic (exact) mass is 452 g/mol. The summed E-state index contributed by atoms with van der Waals surface area (Å²) in [5.41, 5.74) is 1.97. The number of nitrogens with zero attached hydrogens (tertiary/aromatic N) is 1. The summed E-state index contributed by atoms with van der Waals surface area (Å²) in [6.07, 6.45) is 1.44. The van der Waals surface area contributed by atoms with Gasteiger partial charge in [0.15, 0.2) is 11.5 Å². The Morgan fingerprint density at radius 1 is 1.00 bits per heavy atom. The van der Waals surface area contributed by atoms with Crippen LogP contribution in [0, 0.1) is 11.3 Å². The summed E-state index contributed by atoms with van der Waals surface area (Å²) in [6.45, 7) is 0.304. The van der Waals surface area contributed by atoms with Crippen LogP contribution in [0.4, 0.5) is 0 Å². The fourth-order valence-corrected chi connectivity index (χ4v) is 3.28. The number of carbonyl (C=O) groups is 2. The van der Waals surface area contributed by atoms with Crippen molar-refractivity contribution in [3.05, 3.63) is 101 Å². The zero-order valence-corrected chi connectivity index (χ0v) is 18.3. The van der Waals surface area contributed by atoms with Gasteiger partial charge in [-0.3, -0.25) is 4.79 Å². The fraction of sp³-hybridized carbons (Fsp3) is 0.0741. The van der Waals surface area contributed by atoms with Gasteiger partial charge in [-0.15, -0.1) is 0 Å². The average molecular weight is 452 g/mol. The molecule has 0 aliphatic rings. The molecule has 0 saturated carbocycles. The van der Waals surface area contributed by atoms with E-state index in [1.165, 1.54) is 19.3 Å². The van der Waals surface area contributed by atoms with Crippen molar-refractivity contribution in [3.63, 3.8) is 0 Å². The highest BCUT2D eigenvalue weighted by Gasteiger charge is 2.17. The highest BCUT2D eigenvalue weighted by Crippen LogP contribution is 2.30. The molecule has 0 unspecified atom stereocenters. The van der Waals surface area contributed by atoms with E-state index in [0.717, 1.165) is 10.9 Å². The zero-order valence-electron chi connectivity index (χ0n) is 18.3. The van der Waals surface area contributed by atoms with Crippen molar-refractivity contribution < 1.29 is 23.5 Å². The molecule has 4 aromatic rings. The molecule has 0 aliphatic heterocycles. The van der Waals surface area contributed by atoms with Gasteiger partial charge in [-0.05, 0) is 41.5 Å². The Morgan fingerprint density at radius 2 is 1.76 bits per heavy atom. The number of ether oxygens (including phenoxy) is 2. The summed E-state index contributed by atoms with van der Waals surface area (Å²) >= 11 is 0. The van der Waals surface area contributed by atoms with Crippen LogP contribution in [-0.2, 0) is 11.3 Å². The number of carbonyl (C=O) groups excluding carboxylic acids is 2. The predicted octanol–water partition coefficient (Wildman–Crippen LogP) is 4.88. The average Bonchev–Trinajstić information content (AvgIpc) is 3.32. The van der Waals surface area contributed by atoms with Gasteiger partial charge < -0.3 is 19.2 Å². The van der Waals surface area contributed by atoms with Crippen LogP contribution in [0.25, 0.3) is 17.0 Å². The second-order valence-corrected chi connectivity index (χ2v) is 7.29. The first-order valence-corrected chi connectivity index (χ1v) is 10.4. The Kier molecular flexibility index (Phi) is 6.70. The fourth-order valence-electron chi connectivity index (χ4n) is 3.28. The molecule has 0 saturated heterocycles. The molecule has 7 nitrogen and oxygen atoms in total. The van der Waals surface area contributed by atoms with E-state index in [0.29, 0.717) is 17.7 Å². The van der Waals surface area contributed by atoms with Gasteiger partial charge in [0.2, 0.25) is 5.76 Å². The van der Waals surface area contributed by atoms with Crippen LogP contribution in [0.3, 0.4) is 0 Å². The number of hydrogen-bond acceptors (Lipinski definition) is 6. The lowest BCUT2D eigenvalue weighted by Crippen LogP contribution is -2.23. The molecule has 0 bridgehead atoms.